The number of hydrogen-bond acceptors (Lipinski definition) is 6. The zero-order chi connectivity index (χ0) is 18.6. The minimum atomic E-state index is -3.99. The highest BCUT2D eigenvalue weighted by atomic mass is 32.2. The zero-order valence-corrected chi connectivity index (χ0v) is 15.3. The molecule has 0 spiro atoms. The van der Waals surface area contributed by atoms with Gasteiger partial charge >= 0.3 is 5.97 Å². The third-order valence-corrected chi connectivity index (χ3v) is 5.82. The summed E-state index contributed by atoms with van der Waals surface area (Å²) in [7, 11) is -2.79. The Hall–Kier alpha value is -2.84. The van der Waals surface area contributed by atoms with Crippen molar-refractivity contribution in [3.05, 3.63) is 70.9 Å². The number of thiophene rings is 1. The number of nitrogens with one attached hydrogen (secondary N) is 1. The van der Waals surface area contributed by atoms with Gasteiger partial charge in [0, 0.05) is 0 Å². The first-order valence-corrected chi connectivity index (χ1v) is 9.88. The van der Waals surface area contributed by atoms with E-state index in [1.165, 1.54) is 18.6 Å². The average molecular weight is 389 g/mol. The summed E-state index contributed by atoms with van der Waals surface area (Å²) >= 11 is 1.00. The summed E-state index contributed by atoms with van der Waals surface area (Å²) in [6.07, 6.45) is 0. The Morgan fingerprint density at radius 3 is 2.42 bits per heavy atom. The number of anilines is 1. The van der Waals surface area contributed by atoms with E-state index in [1.807, 2.05) is 18.2 Å². The number of ether oxygens (including phenoxy) is 2. The molecule has 0 unspecified atom stereocenters. The minimum absolute atomic E-state index is 0.0152. The van der Waals surface area contributed by atoms with Crippen LogP contribution in [0.1, 0.15) is 9.67 Å². The van der Waals surface area contributed by atoms with Gasteiger partial charge in [-0.3, -0.25) is 4.72 Å². The van der Waals surface area contributed by atoms with Crippen LogP contribution < -0.4 is 9.46 Å². The molecule has 0 aliphatic heterocycles. The van der Waals surface area contributed by atoms with E-state index in [0.717, 1.165) is 11.3 Å². The predicted octanol–water partition coefficient (Wildman–Crippen LogP) is 4.13. The van der Waals surface area contributed by atoms with Gasteiger partial charge in [0.15, 0.2) is 5.75 Å². The van der Waals surface area contributed by atoms with Crippen LogP contribution in [0.3, 0.4) is 0 Å². The number of hydrogen-bond donors (Lipinski definition) is 1. The second kappa shape index (κ2) is 7.59. The van der Waals surface area contributed by atoms with Crippen LogP contribution in [0.2, 0.25) is 0 Å². The van der Waals surface area contributed by atoms with Crippen molar-refractivity contribution in [3.63, 3.8) is 0 Å². The molecule has 2 aromatic carbocycles. The molecule has 0 bridgehead atoms. The molecule has 0 aliphatic rings. The fraction of sp³-hybridized carbons (Fsp3) is 0.0556. The molecule has 0 radical (unpaired) electrons. The van der Waals surface area contributed by atoms with Crippen molar-refractivity contribution in [3.8, 4) is 11.5 Å². The molecule has 0 amide bonds. The van der Waals surface area contributed by atoms with Crippen LogP contribution in [-0.2, 0) is 14.8 Å². The molecule has 1 N–H and O–H groups in total. The number of methoxy groups -OCH3 is 1. The molecule has 0 saturated carbocycles. The van der Waals surface area contributed by atoms with Gasteiger partial charge in [0.1, 0.15) is 15.5 Å². The summed E-state index contributed by atoms with van der Waals surface area (Å²) in [4.78, 5) is 11.7. The van der Waals surface area contributed by atoms with Crippen molar-refractivity contribution < 1.29 is 22.7 Å². The molecular formula is C18H15NO5S2. The monoisotopic (exact) mass is 389 g/mol. The van der Waals surface area contributed by atoms with Crippen molar-refractivity contribution in [2.24, 2.45) is 0 Å². The average Bonchev–Trinajstić information content (AvgIpc) is 3.14. The summed E-state index contributed by atoms with van der Waals surface area (Å²) in [5, 5.41) is 1.52. The van der Waals surface area contributed by atoms with E-state index in [2.05, 4.69) is 9.46 Å². The standard InChI is InChI=1S/C18H15NO5S2/c1-23-18(20)17-16(11-12-25-17)26(21,22)19-14-9-5-6-10-15(14)24-13-7-3-2-4-8-13/h2-12,19H,1H3. The Bertz CT molecular complexity index is 1010. The number of para-hydroxylation sites is 3. The third-order valence-electron chi connectivity index (χ3n) is 3.39. The van der Waals surface area contributed by atoms with Crippen LogP contribution in [0.4, 0.5) is 5.69 Å². The molecule has 0 aliphatic carbocycles. The quantitative estimate of drug-likeness (QED) is 0.641. The maximum absolute atomic E-state index is 12.7. The van der Waals surface area contributed by atoms with E-state index in [9.17, 15) is 13.2 Å². The Kier molecular flexibility index (Phi) is 5.24. The summed E-state index contributed by atoms with van der Waals surface area (Å²) < 4.78 is 38.4. The lowest BCUT2D eigenvalue weighted by Crippen LogP contribution is -2.16. The first kappa shape index (κ1) is 18.0. The molecule has 0 atom stereocenters. The highest BCUT2D eigenvalue weighted by Crippen LogP contribution is 2.32. The first-order chi connectivity index (χ1) is 12.5. The number of esters is 1. The number of benzene rings is 2. The number of sulfonamides is 1. The Labute approximate surface area is 155 Å². The molecule has 134 valence electrons. The molecule has 26 heavy (non-hydrogen) atoms. The topological polar surface area (TPSA) is 81.7 Å². The van der Waals surface area contributed by atoms with Crippen LogP contribution in [0.15, 0.2) is 70.9 Å². The number of carbonyl (C=O) groups is 1. The number of rotatable bonds is 6. The molecule has 8 heteroatoms. The fourth-order valence-electron chi connectivity index (χ4n) is 2.21. The molecule has 1 aromatic heterocycles. The van der Waals surface area contributed by atoms with Gasteiger partial charge < -0.3 is 9.47 Å². The van der Waals surface area contributed by atoms with E-state index in [-0.39, 0.29) is 15.5 Å². The van der Waals surface area contributed by atoms with Gasteiger partial charge in [0.2, 0.25) is 0 Å². The van der Waals surface area contributed by atoms with Crippen molar-refractivity contribution in [1.82, 2.24) is 0 Å². The Balaban J connectivity index is 1.92. The fourth-order valence-corrected chi connectivity index (χ4v) is 4.61. The molecule has 0 fully saturated rings. The maximum atomic E-state index is 12.7. The highest BCUT2D eigenvalue weighted by Gasteiger charge is 2.25. The molecule has 1 heterocycles. The third kappa shape index (κ3) is 3.87. The van der Waals surface area contributed by atoms with Gasteiger partial charge in [0.25, 0.3) is 10.0 Å². The zero-order valence-electron chi connectivity index (χ0n) is 13.7. The van der Waals surface area contributed by atoms with Crippen molar-refractivity contribution in [2.75, 3.05) is 11.8 Å². The molecule has 3 rings (SSSR count). The lowest BCUT2D eigenvalue weighted by atomic mass is 10.3. The molecule has 0 saturated heterocycles. The summed E-state index contributed by atoms with van der Waals surface area (Å²) in [6, 6.07) is 17.0. The smallest absolute Gasteiger partial charge is 0.349 e. The van der Waals surface area contributed by atoms with E-state index >= 15 is 0 Å². The summed E-state index contributed by atoms with van der Waals surface area (Å²) in [6.45, 7) is 0. The van der Waals surface area contributed by atoms with E-state index < -0.39 is 16.0 Å². The normalized spacial score (nSPS) is 11.0. The van der Waals surface area contributed by atoms with Crippen LogP contribution in [0.25, 0.3) is 0 Å². The van der Waals surface area contributed by atoms with E-state index in [0.29, 0.717) is 11.5 Å². The summed E-state index contributed by atoms with van der Waals surface area (Å²) in [5.41, 5.74) is 0.262. The summed E-state index contributed by atoms with van der Waals surface area (Å²) in [5.74, 6) is 0.219. The first-order valence-electron chi connectivity index (χ1n) is 7.52. The van der Waals surface area contributed by atoms with Gasteiger partial charge in [-0.05, 0) is 35.7 Å². The molecular weight excluding hydrogens is 374 g/mol. The highest BCUT2D eigenvalue weighted by molar-refractivity contribution is 7.93. The van der Waals surface area contributed by atoms with Gasteiger partial charge in [-0.15, -0.1) is 11.3 Å². The number of carbonyl (C=O) groups excluding carboxylic acids is 1. The second-order valence-electron chi connectivity index (χ2n) is 5.12. The predicted molar refractivity (Wildman–Crippen MR) is 99.4 cm³/mol. The van der Waals surface area contributed by atoms with Gasteiger partial charge in [-0.1, -0.05) is 30.3 Å². The largest absolute Gasteiger partial charge is 0.465 e. The van der Waals surface area contributed by atoms with Gasteiger partial charge in [-0.25, -0.2) is 13.2 Å². The van der Waals surface area contributed by atoms with Gasteiger partial charge in [-0.2, -0.15) is 0 Å². The maximum Gasteiger partial charge on any atom is 0.349 e. The van der Waals surface area contributed by atoms with Crippen LogP contribution in [-0.4, -0.2) is 21.5 Å². The van der Waals surface area contributed by atoms with Crippen LogP contribution >= 0.6 is 11.3 Å². The lowest BCUT2D eigenvalue weighted by molar-refractivity contribution is 0.0602. The van der Waals surface area contributed by atoms with Crippen LogP contribution in [0, 0.1) is 0 Å². The van der Waals surface area contributed by atoms with E-state index in [1.54, 1.807) is 36.4 Å². The molecule has 6 nitrogen and oxygen atoms in total. The SMILES string of the molecule is COC(=O)c1sccc1S(=O)(=O)Nc1ccccc1Oc1ccccc1. The Morgan fingerprint density at radius 1 is 1.00 bits per heavy atom. The van der Waals surface area contributed by atoms with Crippen molar-refractivity contribution in [1.29, 1.82) is 0 Å². The molecule has 3 aromatic rings. The lowest BCUT2D eigenvalue weighted by Gasteiger charge is -2.13. The van der Waals surface area contributed by atoms with Crippen LogP contribution in [0.5, 0.6) is 11.5 Å². The van der Waals surface area contributed by atoms with E-state index in [4.69, 9.17) is 4.74 Å². The van der Waals surface area contributed by atoms with Crippen molar-refractivity contribution in [2.45, 2.75) is 4.90 Å². The minimum Gasteiger partial charge on any atom is -0.465 e. The van der Waals surface area contributed by atoms with Gasteiger partial charge in [0.05, 0.1) is 12.8 Å². The second-order valence-corrected chi connectivity index (χ2v) is 7.69. The van der Waals surface area contributed by atoms with Crippen molar-refractivity contribution >= 4 is 33.0 Å². The Morgan fingerprint density at radius 2 is 1.69 bits per heavy atom.